The van der Waals surface area contributed by atoms with Gasteiger partial charge in [-0.2, -0.15) is 23.9 Å². The summed E-state index contributed by atoms with van der Waals surface area (Å²) in [6.45, 7) is 4.29. The van der Waals surface area contributed by atoms with Crippen molar-refractivity contribution in [3.05, 3.63) is 77.4 Å². The van der Waals surface area contributed by atoms with Crippen molar-refractivity contribution < 1.29 is 12.6 Å². The van der Waals surface area contributed by atoms with Crippen LogP contribution >= 0.6 is 0 Å². The van der Waals surface area contributed by atoms with E-state index in [1.54, 1.807) is 23.1 Å². The molecular formula is C21H21N5O3S. The maximum absolute atomic E-state index is 11.0. The highest BCUT2D eigenvalue weighted by Crippen LogP contribution is 2.26. The maximum Gasteiger partial charge on any atom is 0.380 e. The van der Waals surface area contributed by atoms with Crippen LogP contribution in [0.4, 0.5) is 0 Å². The van der Waals surface area contributed by atoms with Crippen molar-refractivity contribution in [1.29, 1.82) is 5.26 Å². The number of hydrogen-bond acceptors (Lipinski definition) is 6. The second-order valence-electron chi connectivity index (χ2n) is 7.27. The van der Waals surface area contributed by atoms with E-state index in [0.29, 0.717) is 6.54 Å². The van der Waals surface area contributed by atoms with Crippen molar-refractivity contribution in [3.8, 4) is 11.8 Å². The molecule has 0 aliphatic carbocycles. The molecule has 2 N–H and O–H groups in total. The van der Waals surface area contributed by atoms with E-state index >= 15 is 0 Å². The van der Waals surface area contributed by atoms with Crippen molar-refractivity contribution in [2.24, 2.45) is 5.14 Å². The zero-order valence-electron chi connectivity index (χ0n) is 16.6. The first-order chi connectivity index (χ1) is 14.1. The third-order valence-electron chi connectivity index (χ3n) is 4.39. The van der Waals surface area contributed by atoms with Crippen LogP contribution in [0.25, 0.3) is 12.2 Å². The number of nitrogens with two attached hydrogens (primary N) is 1. The molecule has 0 radical (unpaired) electrons. The van der Waals surface area contributed by atoms with Crippen LogP contribution < -0.4 is 9.32 Å². The minimum atomic E-state index is -4.05. The van der Waals surface area contributed by atoms with Crippen LogP contribution in [0.2, 0.25) is 0 Å². The second-order valence-corrected chi connectivity index (χ2v) is 8.42. The fourth-order valence-electron chi connectivity index (χ4n) is 2.79. The lowest BCUT2D eigenvalue weighted by Gasteiger charge is -2.18. The highest BCUT2D eigenvalue weighted by atomic mass is 32.2. The van der Waals surface area contributed by atoms with E-state index in [9.17, 15) is 13.7 Å². The van der Waals surface area contributed by atoms with Crippen LogP contribution in [0.1, 0.15) is 36.1 Å². The molecule has 0 saturated carbocycles. The third kappa shape index (κ3) is 5.76. The average Bonchev–Trinajstić information content (AvgIpc) is 3.19. The van der Waals surface area contributed by atoms with Crippen molar-refractivity contribution >= 4 is 22.5 Å². The quantitative estimate of drug-likeness (QED) is 0.583. The van der Waals surface area contributed by atoms with Gasteiger partial charge in [0.2, 0.25) is 0 Å². The molecule has 9 heteroatoms. The Labute approximate surface area is 175 Å². The van der Waals surface area contributed by atoms with Crippen molar-refractivity contribution in [3.63, 3.8) is 0 Å². The molecule has 3 aromatic rings. The number of benzene rings is 2. The first kappa shape index (κ1) is 21.2. The van der Waals surface area contributed by atoms with Crippen LogP contribution in [0.3, 0.4) is 0 Å². The number of rotatable bonds is 7. The average molecular weight is 423 g/mol. The van der Waals surface area contributed by atoms with Crippen molar-refractivity contribution in [2.75, 3.05) is 0 Å². The molecule has 3 rings (SSSR count). The third-order valence-corrected chi connectivity index (χ3v) is 4.81. The van der Waals surface area contributed by atoms with Gasteiger partial charge < -0.3 is 4.18 Å². The summed E-state index contributed by atoms with van der Waals surface area (Å²) in [6.07, 6.45) is 6.94. The Morgan fingerprint density at radius 1 is 1.17 bits per heavy atom. The topological polar surface area (TPSA) is 124 Å². The molecule has 0 unspecified atom stereocenters. The lowest BCUT2D eigenvalue weighted by Crippen LogP contribution is -2.18. The van der Waals surface area contributed by atoms with E-state index in [4.69, 9.17) is 5.14 Å². The summed E-state index contributed by atoms with van der Waals surface area (Å²) in [6, 6.07) is 14.8. The van der Waals surface area contributed by atoms with Gasteiger partial charge in [-0.3, -0.25) is 0 Å². The molecule has 0 amide bonds. The SMILES string of the molecule is CC(C)(C#N)c1cc(/C=C/c2ccc(OS(N)(=O)=O)cc2)cc(Cn2cncn2)c1. The Morgan fingerprint density at radius 3 is 2.47 bits per heavy atom. The van der Waals surface area contributed by atoms with Gasteiger partial charge in [0.25, 0.3) is 0 Å². The molecule has 2 aromatic carbocycles. The largest absolute Gasteiger partial charge is 0.380 e. The number of hydrogen-bond donors (Lipinski definition) is 1. The van der Waals surface area contributed by atoms with Crippen molar-refractivity contribution in [1.82, 2.24) is 14.8 Å². The Bertz CT molecular complexity index is 1190. The van der Waals surface area contributed by atoms with Gasteiger partial charge in [0.1, 0.15) is 18.4 Å². The highest BCUT2D eigenvalue weighted by molar-refractivity contribution is 7.84. The van der Waals surface area contributed by atoms with Crippen molar-refractivity contribution in [2.45, 2.75) is 25.8 Å². The fourth-order valence-corrected chi connectivity index (χ4v) is 3.17. The van der Waals surface area contributed by atoms with Gasteiger partial charge in [0, 0.05) is 0 Å². The molecule has 0 saturated heterocycles. The predicted molar refractivity (Wildman–Crippen MR) is 113 cm³/mol. The van der Waals surface area contributed by atoms with Crippen LogP contribution in [0.5, 0.6) is 5.75 Å². The molecule has 0 spiro atoms. The minimum absolute atomic E-state index is 0.141. The van der Waals surface area contributed by atoms with Gasteiger partial charge in [-0.05, 0) is 54.3 Å². The van der Waals surface area contributed by atoms with Crippen LogP contribution in [0, 0.1) is 11.3 Å². The summed E-state index contributed by atoms with van der Waals surface area (Å²) in [5.41, 5.74) is 3.03. The normalized spacial score (nSPS) is 12.1. The maximum atomic E-state index is 11.0. The Morgan fingerprint density at radius 2 is 1.87 bits per heavy atom. The van der Waals surface area contributed by atoms with E-state index in [1.807, 2.05) is 44.2 Å². The Hall–Kier alpha value is -3.48. The molecule has 8 nitrogen and oxygen atoms in total. The standard InChI is InChI=1S/C21H21N5O3S/c1-21(2,13-22)19-10-17(9-18(11-19)12-26-15-24-14-25-26)4-3-16-5-7-20(8-6-16)29-30(23,27)28/h3-11,14-15H,12H2,1-2H3,(H2,23,27,28)/b4-3+. The zero-order valence-corrected chi connectivity index (χ0v) is 17.4. The van der Waals surface area contributed by atoms with Gasteiger partial charge in [-0.15, -0.1) is 0 Å². The van der Waals surface area contributed by atoms with Crippen LogP contribution in [-0.2, 0) is 22.3 Å². The lowest BCUT2D eigenvalue weighted by atomic mass is 9.84. The molecule has 0 aliphatic heterocycles. The summed E-state index contributed by atoms with van der Waals surface area (Å²) in [5, 5.41) is 18.5. The molecule has 154 valence electrons. The van der Waals surface area contributed by atoms with Gasteiger partial charge in [-0.1, -0.05) is 36.4 Å². The molecular weight excluding hydrogens is 402 g/mol. The summed E-state index contributed by atoms with van der Waals surface area (Å²) in [7, 11) is -4.05. The predicted octanol–water partition coefficient (Wildman–Crippen LogP) is 2.88. The number of aromatic nitrogens is 3. The first-order valence-corrected chi connectivity index (χ1v) is 10.5. The van der Waals surface area contributed by atoms with Crippen LogP contribution in [0.15, 0.2) is 55.1 Å². The Kier molecular flexibility index (Phi) is 6.01. The molecule has 0 bridgehead atoms. The van der Waals surface area contributed by atoms with E-state index in [2.05, 4.69) is 20.3 Å². The molecule has 1 heterocycles. The molecule has 30 heavy (non-hydrogen) atoms. The van der Waals surface area contributed by atoms with Gasteiger partial charge in [-0.25, -0.2) is 9.67 Å². The van der Waals surface area contributed by atoms with Gasteiger partial charge in [0.15, 0.2) is 0 Å². The molecule has 0 aliphatic rings. The molecule has 0 fully saturated rings. The summed E-state index contributed by atoms with van der Waals surface area (Å²) >= 11 is 0. The summed E-state index contributed by atoms with van der Waals surface area (Å²) < 4.78 is 28.3. The van der Waals surface area contributed by atoms with E-state index in [0.717, 1.165) is 22.3 Å². The second kappa shape index (κ2) is 8.49. The number of nitrogens with zero attached hydrogens (tertiary/aromatic N) is 4. The highest BCUT2D eigenvalue weighted by Gasteiger charge is 2.20. The monoisotopic (exact) mass is 423 g/mol. The van der Waals surface area contributed by atoms with Gasteiger partial charge >= 0.3 is 10.3 Å². The lowest BCUT2D eigenvalue weighted by molar-refractivity contribution is 0.488. The smallest absolute Gasteiger partial charge is 0.371 e. The first-order valence-electron chi connectivity index (χ1n) is 9.03. The molecule has 1 aromatic heterocycles. The van der Waals surface area contributed by atoms with E-state index in [1.165, 1.54) is 18.5 Å². The summed E-state index contributed by atoms with van der Waals surface area (Å²) in [5.74, 6) is 0.141. The summed E-state index contributed by atoms with van der Waals surface area (Å²) in [4.78, 5) is 3.96. The minimum Gasteiger partial charge on any atom is -0.371 e. The Balaban J connectivity index is 1.88. The van der Waals surface area contributed by atoms with E-state index < -0.39 is 15.7 Å². The molecule has 0 atom stereocenters. The van der Waals surface area contributed by atoms with E-state index in [-0.39, 0.29) is 5.75 Å². The number of nitriles is 1. The zero-order chi connectivity index (χ0) is 21.8. The fraction of sp³-hybridized carbons (Fsp3) is 0.190. The van der Waals surface area contributed by atoms with Gasteiger partial charge in [0.05, 0.1) is 18.0 Å². The van der Waals surface area contributed by atoms with Crippen LogP contribution in [-0.4, -0.2) is 23.2 Å².